The van der Waals surface area contributed by atoms with Gasteiger partial charge in [0.1, 0.15) is 0 Å². The number of nitrogens with two attached hydrogens (primary N) is 1. The predicted molar refractivity (Wildman–Crippen MR) is 82.7 cm³/mol. The molecule has 0 aliphatic rings. The molecule has 1 heterocycles. The lowest BCUT2D eigenvalue weighted by atomic mass is 10.1. The fraction of sp³-hybridized carbons (Fsp3) is 0.133. The maximum Gasteiger partial charge on any atom is 0.205 e. The van der Waals surface area contributed by atoms with Crippen molar-refractivity contribution in [1.82, 2.24) is 9.55 Å². The molecule has 0 saturated carbocycles. The van der Waals surface area contributed by atoms with Crippen LogP contribution in [-0.4, -0.2) is 9.55 Å². The number of imidazole rings is 1. The highest BCUT2D eigenvalue weighted by Crippen LogP contribution is 2.29. The summed E-state index contributed by atoms with van der Waals surface area (Å²) in [4.78, 5) is 4.42. The van der Waals surface area contributed by atoms with E-state index in [0.29, 0.717) is 5.95 Å². The van der Waals surface area contributed by atoms with Crippen molar-refractivity contribution >= 4 is 32.9 Å². The molecule has 1 aromatic heterocycles. The zero-order valence-electron chi connectivity index (χ0n) is 10.8. The van der Waals surface area contributed by atoms with Crippen LogP contribution in [0.4, 0.5) is 5.95 Å². The second-order valence-corrected chi connectivity index (χ2v) is 5.60. The van der Waals surface area contributed by atoms with Gasteiger partial charge in [0.15, 0.2) is 0 Å². The third-order valence-electron chi connectivity index (χ3n) is 3.27. The van der Waals surface area contributed by atoms with Crippen LogP contribution in [0.2, 0.25) is 0 Å². The summed E-state index contributed by atoms with van der Waals surface area (Å²) in [6.07, 6.45) is 0. The first kappa shape index (κ1) is 12.2. The van der Waals surface area contributed by atoms with Crippen LogP contribution in [0.1, 0.15) is 11.1 Å². The van der Waals surface area contributed by atoms with Gasteiger partial charge in [-0.25, -0.2) is 4.98 Å². The van der Waals surface area contributed by atoms with Crippen molar-refractivity contribution < 1.29 is 0 Å². The fourth-order valence-electron chi connectivity index (χ4n) is 2.54. The molecule has 19 heavy (non-hydrogen) atoms. The average Bonchev–Trinajstić information content (AvgIpc) is 2.65. The summed E-state index contributed by atoms with van der Waals surface area (Å²) in [5.41, 5.74) is 11.5. The van der Waals surface area contributed by atoms with Gasteiger partial charge in [-0.1, -0.05) is 28.1 Å². The van der Waals surface area contributed by atoms with E-state index in [2.05, 4.69) is 46.9 Å². The second-order valence-electron chi connectivity index (χ2n) is 4.68. The zero-order chi connectivity index (χ0) is 13.6. The van der Waals surface area contributed by atoms with E-state index >= 15 is 0 Å². The number of nitrogens with zero attached hydrogens (tertiary/aromatic N) is 2. The summed E-state index contributed by atoms with van der Waals surface area (Å²) in [5, 5.41) is 0. The van der Waals surface area contributed by atoms with Crippen molar-refractivity contribution in [3.63, 3.8) is 0 Å². The van der Waals surface area contributed by atoms with Gasteiger partial charge < -0.3 is 5.73 Å². The molecule has 0 radical (unpaired) electrons. The van der Waals surface area contributed by atoms with E-state index < -0.39 is 0 Å². The standard InChI is InChI=1S/C15H14BrN3/c1-9-7-11(16)8-10(2)14(9)19-13-6-4-3-5-12(13)18-15(19)17/h3-8H,1-2H3,(H2,17,18). The molecule has 0 aliphatic heterocycles. The predicted octanol–water partition coefficient (Wildman–Crippen LogP) is 3.99. The third-order valence-corrected chi connectivity index (χ3v) is 3.72. The zero-order valence-corrected chi connectivity index (χ0v) is 12.4. The van der Waals surface area contributed by atoms with Gasteiger partial charge in [0.25, 0.3) is 0 Å². The van der Waals surface area contributed by atoms with Gasteiger partial charge in [-0.15, -0.1) is 0 Å². The molecule has 0 atom stereocenters. The number of aromatic nitrogens is 2. The number of fused-ring (bicyclic) bond motifs is 1. The smallest absolute Gasteiger partial charge is 0.205 e. The molecule has 0 unspecified atom stereocenters. The Morgan fingerprint density at radius 3 is 2.42 bits per heavy atom. The first-order chi connectivity index (χ1) is 9.08. The lowest BCUT2D eigenvalue weighted by molar-refractivity contribution is 1.07. The molecule has 0 bridgehead atoms. The topological polar surface area (TPSA) is 43.8 Å². The molecule has 2 aromatic carbocycles. The van der Waals surface area contributed by atoms with E-state index in [9.17, 15) is 0 Å². The van der Waals surface area contributed by atoms with Gasteiger partial charge in [-0.2, -0.15) is 0 Å². The molecule has 0 amide bonds. The molecule has 0 aliphatic carbocycles. The number of hydrogen-bond donors (Lipinski definition) is 1. The fourth-order valence-corrected chi connectivity index (χ4v) is 3.22. The summed E-state index contributed by atoms with van der Waals surface area (Å²) < 4.78 is 3.10. The van der Waals surface area contributed by atoms with Crippen LogP contribution in [0.3, 0.4) is 0 Å². The Hall–Kier alpha value is -1.81. The number of benzene rings is 2. The Balaban J connectivity index is 2.40. The van der Waals surface area contributed by atoms with Crippen molar-refractivity contribution in [2.75, 3.05) is 5.73 Å². The SMILES string of the molecule is Cc1cc(Br)cc(C)c1-n1c(N)nc2ccccc21. The number of nitrogen functional groups attached to an aromatic ring is 1. The minimum atomic E-state index is 0.523. The summed E-state index contributed by atoms with van der Waals surface area (Å²) in [5.74, 6) is 0.523. The Morgan fingerprint density at radius 1 is 1.11 bits per heavy atom. The molecule has 0 saturated heterocycles. The van der Waals surface area contributed by atoms with Crippen LogP contribution in [0.15, 0.2) is 40.9 Å². The number of rotatable bonds is 1. The summed E-state index contributed by atoms with van der Waals surface area (Å²) in [7, 11) is 0. The van der Waals surface area contributed by atoms with Gasteiger partial charge in [-0.3, -0.25) is 4.57 Å². The Bertz CT molecular complexity index is 751. The minimum absolute atomic E-state index is 0.523. The molecular weight excluding hydrogens is 302 g/mol. The molecule has 96 valence electrons. The molecule has 0 spiro atoms. The minimum Gasteiger partial charge on any atom is -0.369 e. The van der Waals surface area contributed by atoms with Gasteiger partial charge in [0.2, 0.25) is 5.95 Å². The van der Waals surface area contributed by atoms with E-state index in [1.54, 1.807) is 0 Å². The molecule has 2 N–H and O–H groups in total. The van der Waals surface area contributed by atoms with Crippen molar-refractivity contribution in [2.24, 2.45) is 0 Å². The van der Waals surface area contributed by atoms with E-state index in [1.807, 2.05) is 28.8 Å². The molecular formula is C15H14BrN3. The quantitative estimate of drug-likeness (QED) is 0.738. The normalized spacial score (nSPS) is 11.1. The number of anilines is 1. The van der Waals surface area contributed by atoms with Gasteiger partial charge in [0.05, 0.1) is 16.7 Å². The molecule has 3 aromatic rings. The van der Waals surface area contributed by atoms with Gasteiger partial charge in [-0.05, 0) is 49.2 Å². The van der Waals surface area contributed by atoms with Crippen LogP contribution < -0.4 is 5.73 Å². The number of halogens is 1. The maximum absolute atomic E-state index is 6.10. The molecule has 3 rings (SSSR count). The van der Waals surface area contributed by atoms with Crippen LogP contribution >= 0.6 is 15.9 Å². The highest BCUT2D eigenvalue weighted by molar-refractivity contribution is 9.10. The van der Waals surface area contributed by atoms with Crippen molar-refractivity contribution in [1.29, 1.82) is 0 Å². The summed E-state index contributed by atoms with van der Waals surface area (Å²) in [6, 6.07) is 12.2. The Labute approximate surface area is 120 Å². The molecule has 4 heteroatoms. The monoisotopic (exact) mass is 315 g/mol. The summed E-state index contributed by atoms with van der Waals surface area (Å²) >= 11 is 3.52. The van der Waals surface area contributed by atoms with Gasteiger partial charge >= 0.3 is 0 Å². The molecule has 0 fully saturated rings. The van der Waals surface area contributed by atoms with Crippen LogP contribution in [0.5, 0.6) is 0 Å². The highest BCUT2D eigenvalue weighted by atomic mass is 79.9. The molecule has 3 nitrogen and oxygen atoms in total. The van der Waals surface area contributed by atoms with E-state index in [-0.39, 0.29) is 0 Å². The lowest BCUT2D eigenvalue weighted by Gasteiger charge is -2.14. The van der Waals surface area contributed by atoms with Crippen molar-refractivity contribution in [2.45, 2.75) is 13.8 Å². The summed E-state index contributed by atoms with van der Waals surface area (Å²) in [6.45, 7) is 4.17. The second kappa shape index (κ2) is 4.38. The largest absolute Gasteiger partial charge is 0.369 e. The van der Waals surface area contributed by atoms with Crippen LogP contribution in [0.25, 0.3) is 16.7 Å². The van der Waals surface area contributed by atoms with Crippen molar-refractivity contribution in [3.05, 3.63) is 52.0 Å². The maximum atomic E-state index is 6.10. The Morgan fingerprint density at radius 2 is 1.74 bits per heavy atom. The van der Waals surface area contributed by atoms with Crippen LogP contribution in [-0.2, 0) is 0 Å². The first-order valence-corrected chi connectivity index (χ1v) is 6.87. The van der Waals surface area contributed by atoms with Gasteiger partial charge in [0, 0.05) is 4.47 Å². The van der Waals surface area contributed by atoms with E-state index in [1.165, 1.54) is 11.1 Å². The lowest BCUT2D eigenvalue weighted by Crippen LogP contribution is -2.04. The average molecular weight is 316 g/mol. The highest BCUT2D eigenvalue weighted by Gasteiger charge is 2.13. The van der Waals surface area contributed by atoms with E-state index in [0.717, 1.165) is 21.2 Å². The Kier molecular flexibility index (Phi) is 2.82. The van der Waals surface area contributed by atoms with Crippen molar-refractivity contribution in [3.8, 4) is 5.69 Å². The number of para-hydroxylation sites is 2. The third kappa shape index (κ3) is 1.92. The first-order valence-electron chi connectivity index (χ1n) is 6.08. The number of hydrogen-bond acceptors (Lipinski definition) is 2. The number of aryl methyl sites for hydroxylation is 2. The van der Waals surface area contributed by atoms with Crippen LogP contribution in [0, 0.1) is 13.8 Å². The van der Waals surface area contributed by atoms with E-state index in [4.69, 9.17) is 5.73 Å².